The van der Waals surface area contributed by atoms with Crippen molar-refractivity contribution in [2.45, 2.75) is 13.8 Å². The fourth-order valence-electron chi connectivity index (χ4n) is 2.11. The molecule has 0 aromatic heterocycles. The van der Waals surface area contributed by atoms with Gasteiger partial charge < -0.3 is 14.4 Å². The number of likely N-dealkylation sites (N-methyl/N-ethyl adjacent to an activating group) is 1. The Kier molecular flexibility index (Phi) is 8.85. The summed E-state index contributed by atoms with van der Waals surface area (Å²) in [7, 11) is 0. The lowest BCUT2D eigenvalue weighted by Gasteiger charge is -2.19. The summed E-state index contributed by atoms with van der Waals surface area (Å²) in [6, 6.07) is 15.0. The Bertz CT molecular complexity index is 571. The van der Waals surface area contributed by atoms with E-state index in [1.165, 1.54) is 0 Å². The van der Waals surface area contributed by atoms with Gasteiger partial charge in [-0.2, -0.15) is 0 Å². The van der Waals surface area contributed by atoms with E-state index in [0.29, 0.717) is 17.4 Å². The van der Waals surface area contributed by atoms with Crippen molar-refractivity contribution in [1.29, 1.82) is 0 Å². The molecule has 0 aliphatic heterocycles. The van der Waals surface area contributed by atoms with Gasteiger partial charge in [0.1, 0.15) is 12.4 Å². The van der Waals surface area contributed by atoms with Gasteiger partial charge in [0.25, 0.3) is 0 Å². The second kappa shape index (κ2) is 10.4. The summed E-state index contributed by atoms with van der Waals surface area (Å²) in [5, 5.41) is 0.691. The topological polar surface area (TPSA) is 21.7 Å². The van der Waals surface area contributed by atoms with Crippen molar-refractivity contribution in [1.82, 2.24) is 4.90 Å². The van der Waals surface area contributed by atoms with Crippen LogP contribution in [0.3, 0.4) is 0 Å². The van der Waals surface area contributed by atoms with Crippen molar-refractivity contribution in [3.05, 3.63) is 53.6 Å². The van der Waals surface area contributed by atoms with Crippen LogP contribution in [0.25, 0.3) is 0 Å². The van der Waals surface area contributed by atoms with Gasteiger partial charge in [-0.15, -0.1) is 12.4 Å². The SMILES string of the molecule is CCN(CC)CCOc1ccccc1Oc1ccc(Cl)cc1.Cl. The molecule has 3 nitrogen and oxygen atoms in total. The highest BCUT2D eigenvalue weighted by Gasteiger charge is 2.06. The van der Waals surface area contributed by atoms with Crippen LogP contribution in [-0.4, -0.2) is 31.1 Å². The number of ether oxygens (including phenoxy) is 2. The number of hydrogen-bond donors (Lipinski definition) is 0. The molecule has 0 amide bonds. The van der Waals surface area contributed by atoms with Gasteiger partial charge in [-0.05, 0) is 49.5 Å². The molecule has 2 rings (SSSR count). The van der Waals surface area contributed by atoms with Crippen LogP contribution in [0.5, 0.6) is 17.2 Å². The van der Waals surface area contributed by atoms with E-state index in [2.05, 4.69) is 18.7 Å². The van der Waals surface area contributed by atoms with E-state index in [4.69, 9.17) is 21.1 Å². The zero-order valence-corrected chi connectivity index (χ0v) is 15.1. The highest BCUT2D eigenvalue weighted by molar-refractivity contribution is 6.30. The highest BCUT2D eigenvalue weighted by Crippen LogP contribution is 2.31. The fraction of sp³-hybridized carbons (Fsp3) is 0.333. The van der Waals surface area contributed by atoms with Gasteiger partial charge in [0.15, 0.2) is 11.5 Å². The number of rotatable bonds is 8. The van der Waals surface area contributed by atoms with E-state index in [0.717, 1.165) is 31.1 Å². The van der Waals surface area contributed by atoms with E-state index >= 15 is 0 Å². The van der Waals surface area contributed by atoms with Crippen LogP contribution in [0, 0.1) is 0 Å². The van der Waals surface area contributed by atoms with Gasteiger partial charge in [-0.1, -0.05) is 37.6 Å². The molecule has 0 fully saturated rings. The van der Waals surface area contributed by atoms with Crippen molar-refractivity contribution in [3.8, 4) is 17.2 Å². The molecule has 5 heteroatoms. The first-order valence-corrected chi connectivity index (χ1v) is 7.98. The molecule has 0 heterocycles. The largest absolute Gasteiger partial charge is 0.488 e. The molecule has 2 aromatic rings. The normalized spacial score (nSPS) is 10.3. The Morgan fingerprint density at radius 1 is 0.913 bits per heavy atom. The van der Waals surface area contributed by atoms with Gasteiger partial charge in [0, 0.05) is 11.6 Å². The monoisotopic (exact) mass is 355 g/mol. The van der Waals surface area contributed by atoms with Crippen LogP contribution in [0.15, 0.2) is 48.5 Å². The average Bonchev–Trinajstić information content (AvgIpc) is 2.55. The van der Waals surface area contributed by atoms with Crippen LogP contribution < -0.4 is 9.47 Å². The first-order valence-electron chi connectivity index (χ1n) is 7.60. The van der Waals surface area contributed by atoms with Crippen molar-refractivity contribution in [2.75, 3.05) is 26.2 Å². The maximum atomic E-state index is 5.89. The molecule has 0 saturated carbocycles. The van der Waals surface area contributed by atoms with Crippen LogP contribution in [0.1, 0.15) is 13.8 Å². The Morgan fingerprint density at radius 2 is 1.52 bits per heavy atom. The summed E-state index contributed by atoms with van der Waals surface area (Å²) < 4.78 is 11.8. The van der Waals surface area contributed by atoms with Crippen LogP contribution in [0.4, 0.5) is 0 Å². The van der Waals surface area contributed by atoms with E-state index in [1.54, 1.807) is 12.1 Å². The van der Waals surface area contributed by atoms with Crippen molar-refractivity contribution in [2.24, 2.45) is 0 Å². The van der Waals surface area contributed by atoms with Gasteiger partial charge in [0.2, 0.25) is 0 Å². The number of nitrogens with zero attached hydrogens (tertiary/aromatic N) is 1. The van der Waals surface area contributed by atoms with Crippen molar-refractivity contribution in [3.63, 3.8) is 0 Å². The average molecular weight is 356 g/mol. The fourth-order valence-corrected chi connectivity index (χ4v) is 2.23. The van der Waals surface area contributed by atoms with E-state index in [-0.39, 0.29) is 12.4 Å². The minimum atomic E-state index is 0. The molecular weight excluding hydrogens is 333 g/mol. The molecule has 126 valence electrons. The van der Waals surface area contributed by atoms with Gasteiger partial charge in [0.05, 0.1) is 0 Å². The first kappa shape index (κ1) is 19.6. The maximum absolute atomic E-state index is 5.89. The number of halogens is 2. The molecule has 0 N–H and O–H groups in total. The van der Waals surface area contributed by atoms with Crippen molar-refractivity contribution >= 4 is 24.0 Å². The number of para-hydroxylation sites is 2. The lowest BCUT2D eigenvalue weighted by molar-refractivity contribution is 0.218. The molecule has 0 bridgehead atoms. The molecule has 0 atom stereocenters. The molecule has 23 heavy (non-hydrogen) atoms. The van der Waals surface area contributed by atoms with E-state index < -0.39 is 0 Å². The Labute approximate surface area is 149 Å². The van der Waals surface area contributed by atoms with Crippen LogP contribution in [-0.2, 0) is 0 Å². The van der Waals surface area contributed by atoms with Crippen LogP contribution in [0.2, 0.25) is 5.02 Å². The van der Waals surface area contributed by atoms with Crippen molar-refractivity contribution < 1.29 is 9.47 Å². The quantitative estimate of drug-likeness (QED) is 0.643. The third kappa shape index (κ3) is 6.30. The molecular formula is C18H23Cl2NO2. The van der Waals surface area contributed by atoms with Gasteiger partial charge >= 0.3 is 0 Å². The smallest absolute Gasteiger partial charge is 0.169 e. The maximum Gasteiger partial charge on any atom is 0.169 e. The summed E-state index contributed by atoms with van der Waals surface area (Å²) in [4.78, 5) is 2.32. The molecule has 0 saturated heterocycles. The Balaban J connectivity index is 0.00000264. The minimum Gasteiger partial charge on any atom is -0.488 e. The molecule has 2 aromatic carbocycles. The first-order chi connectivity index (χ1) is 10.7. The summed E-state index contributed by atoms with van der Waals surface area (Å²) in [5.41, 5.74) is 0. The van der Waals surface area contributed by atoms with E-state index in [9.17, 15) is 0 Å². The number of benzene rings is 2. The molecule has 0 radical (unpaired) electrons. The molecule has 0 unspecified atom stereocenters. The highest BCUT2D eigenvalue weighted by atomic mass is 35.5. The summed E-state index contributed by atoms with van der Waals surface area (Å²) in [6.07, 6.45) is 0. The Morgan fingerprint density at radius 3 is 2.13 bits per heavy atom. The lowest BCUT2D eigenvalue weighted by atomic mass is 10.3. The van der Waals surface area contributed by atoms with Gasteiger partial charge in [-0.25, -0.2) is 0 Å². The second-order valence-corrected chi connectivity index (χ2v) is 5.31. The third-order valence-electron chi connectivity index (χ3n) is 3.45. The standard InChI is InChI=1S/C18H22ClNO2.ClH/c1-3-20(4-2)13-14-21-17-7-5-6-8-18(17)22-16-11-9-15(19)10-12-16;/h5-12H,3-4,13-14H2,1-2H3;1H. The zero-order chi connectivity index (χ0) is 15.8. The van der Waals surface area contributed by atoms with Gasteiger partial charge in [-0.3, -0.25) is 0 Å². The molecule has 0 spiro atoms. The summed E-state index contributed by atoms with van der Waals surface area (Å²) >= 11 is 5.89. The third-order valence-corrected chi connectivity index (χ3v) is 3.70. The second-order valence-electron chi connectivity index (χ2n) is 4.88. The predicted molar refractivity (Wildman–Crippen MR) is 98.5 cm³/mol. The lowest BCUT2D eigenvalue weighted by Crippen LogP contribution is -2.27. The molecule has 0 aliphatic carbocycles. The summed E-state index contributed by atoms with van der Waals surface area (Å²) in [5.74, 6) is 2.21. The van der Waals surface area contributed by atoms with Crippen LogP contribution >= 0.6 is 24.0 Å². The minimum absolute atomic E-state index is 0. The van der Waals surface area contributed by atoms with E-state index in [1.807, 2.05) is 36.4 Å². The molecule has 0 aliphatic rings. The Hall–Kier alpha value is -1.42. The number of hydrogen-bond acceptors (Lipinski definition) is 3. The predicted octanol–water partition coefficient (Wildman–Crippen LogP) is 5.27. The summed E-state index contributed by atoms with van der Waals surface area (Å²) in [6.45, 7) is 7.92. The zero-order valence-electron chi connectivity index (χ0n) is 13.5.